The van der Waals surface area contributed by atoms with Crippen LogP contribution >= 0.6 is 0 Å². The summed E-state index contributed by atoms with van der Waals surface area (Å²) in [6.07, 6.45) is -0.263. The fourth-order valence-electron chi connectivity index (χ4n) is 2.22. The quantitative estimate of drug-likeness (QED) is 0.884. The van der Waals surface area contributed by atoms with Crippen LogP contribution in [0.1, 0.15) is 6.42 Å². The number of carbonyl (C=O) groups is 2. The van der Waals surface area contributed by atoms with Gasteiger partial charge in [0.05, 0.1) is 6.42 Å². The summed E-state index contributed by atoms with van der Waals surface area (Å²) < 4.78 is 12.9. The summed E-state index contributed by atoms with van der Waals surface area (Å²) in [4.78, 5) is 26.2. The fraction of sp³-hybridized carbons (Fsp3) is 0.385. The largest absolute Gasteiger partial charge is 0.481 e. The summed E-state index contributed by atoms with van der Waals surface area (Å²) in [5.41, 5.74) is 0.661. The van der Waals surface area contributed by atoms with Crippen LogP contribution in [0.25, 0.3) is 0 Å². The minimum atomic E-state index is -1.03. The van der Waals surface area contributed by atoms with Gasteiger partial charge < -0.3 is 14.9 Å². The van der Waals surface area contributed by atoms with Gasteiger partial charge in [0.25, 0.3) is 0 Å². The van der Waals surface area contributed by atoms with Crippen molar-refractivity contribution in [1.29, 1.82) is 0 Å². The van der Waals surface area contributed by atoms with E-state index in [-0.39, 0.29) is 18.1 Å². The predicted molar refractivity (Wildman–Crippen MR) is 67.4 cm³/mol. The number of benzene rings is 1. The first-order chi connectivity index (χ1) is 8.99. The van der Waals surface area contributed by atoms with Crippen LogP contribution in [0.2, 0.25) is 0 Å². The van der Waals surface area contributed by atoms with Crippen LogP contribution in [0.4, 0.5) is 10.1 Å². The van der Waals surface area contributed by atoms with E-state index >= 15 is 0 Å². The minimum Gasteiger partial charge on any atom is -0.481 e. The Balaban J connectivity index is 2.28. The molecule has 2 rings (SSSR count). The molecule has 102 valence electrons. The van der Waals surface area contributed by atoms with E-state index in [0.717, 1.165) is 0 Å². The van der Waals surface area contributed by atoms with E-state index in [0.29, 0.717) is 18.8 Å². The number of carboxylic acids is 1. The van der Waals surface area contributed by atoms with Crippen molar-refractivity contribution in [2.45, 2.75) is 12.5 Å². The number of amides is 1. The highest BCUT2D eigenvalue weighted by Crippen LogP contribution is 2.23. The van der Waals surface area contributed by atoms with Crippen molar-refractivity contribution in [1.82, 2.24) is 4.90 Å². The Morgan fingerprint density at radius 1 is 1.37 bits per heavy atom. The lowest BCUT2D eigenvalue weighted by Crippen LogP contribution is -2.56. The number of hydrogen-bond donors (Lipinski definition) is 1. The van der Waals surface area contributed by atoms with Gasteiger partial charge in [0, 0.05) is 25.8 Å². The maximum Gasteiger partial charge on any atom is 0.305 e. The highest BCUT2D eigenvalue weighted by molar-refractivity contribution is 5.90. The van der Waals surface area contributed by atoms with Crippen molar-refractivity contribution in [3.05, 3.63) is 30.1 Å². The second-order valence-corrected chi connectivity index (χ2v) is 4.54. The van der Waals surface area contributed by atoms with Gasteiger partial charge in [-0.15, -0.1) is 0 Å². The summed E-state index contributed by atoms with van der Waals surface area (Å²) >= 11 is 0. The van der Waals surface area contributed by atoms with Crippen molar-refractivity contribution in [3.63, 3.8) is 0 Å². The molecule has 1 aliphatic heterocycles. The summed E-state index contributed by atoms with van der Waals surface area (Å²) in [7, 11) is 1.65. The van der Waals surface area contributed by atoms with Crippen LogP contribution in [0.5, 0.6) is 0 Å². The topological polar surface area (TPSA) is 60.9 Å². The number of halogens is 1. The van der Waals surface area contributed by atoms with Gasteiger partial charge in [-0.1, -0.05) is 0 Å². The third kappa shape index (κ3) is 2.83. The van der Waals surface area contributed by atoms with Crippen molar-refractivity contribution >= 4 is 17.6 Å². The van der Waals surface area contributed by atoms with Gasteiger partial charge in [-0.05, 0) is 24.3 Å². The molecule has 19 heavy (non-hydrogen) atoms. The van der Waals surface area contributed by atoms with Crippen molar-refractivity contribution in [2.75, 3.05) is 25.0 Å². The Morgan fingerprint density at radius 2 is 2.00 bits per heavy atom. The molecule has 0 spiro atoms. The Bertz CT molecular complexity index is 489. The summed E-state index contributed by atoms with van der Waals surface area (Å²) in [6, 6.07) is 4.99. The molecular weight excluding hydrogens is 251 g/mol. The average Bonchev–Trinajstić information content (AvgIpc) is 2.36. The highest BCUT2D eigenvalue weighted by atomic mass is 19.1. The maximum absolute atomic E-state index is 12.9. The molecule has 0 bridgehead atoms. The number of hydrogen-bond acceptors (Lipinski definition) is 3. The first-order valence-corrected chi connectivity index (χ1v) is 5.98. The monoisotopic (exact) mass is 266 g/mol. The van der Waals surface area contributed by atoms with E-state index in [2.05, 4.69) is 0 Å². The number of rotatable bonds is 3. The molecule has 0 saturated carbocycles. The lowest BCUT2D eigenvalue weighted by Gasteiger charge is -2.40. The number of carbonyl (C=O) groups excluding carboxylic acids is 1. The molecule has 1 aliphatic rings. The first-order valence-electron chi connectivity index (χ1n) is 5.98. The Kier molecular flexibility index (Phi) is 3.69. The lowest BCUT2D eigenvalue weighted by atomic mass is 10.1. The molecular formula is C13H15FN2O3. The maximum atomic E-state index is 12.9. The molecule has 0 aromatic heterocycles. The predicted octanol–water partition coefficient (Wildman–Crippen LogP) is 0.947. The van der Waals surface area contributed by atoms with Crippen molar-refractivity contribution in [2.24, 2.45) is 0 Å². The first kappa shape index (κ1) is 13.3. The third-order valence-electron chi connectivity index (χ3n) is 3.24. The number of piperazine rings is 1. The third-order valence-corrected chi connectivity index (χ3v) is 3.24. The van der Waals surface area contributed by atoms with E-state index in [9.17, 15) is 14.0 Å². The van der Waals surface area contributed by atoms with E-state index in [1.54, 1.807) is 24.1 Å². The normalized spacial score (nSPS) is 19.7. The van der Waals surface area contributed by atoms with Gasteiger partial charge in [-0.25, -0.2) is 4.39 Å². The van der Waals surface area contributed by atoms with Crippen molar-refractivity contribution < 1.29 is 19.1 Å². The van der Waals surface area contributed by atoms with Crippen LogP contribution in [0, 0.1) is 5.82 Å². The smallest absolute Gasteiger partial charge is 0.305 e. The van der Waals surface area contributed by atoms with E-state index < -0.39 is 12.0 Å². The molecule has 1 aromatic rings. The molecule has 5 nitrogen and oxygen atoms in total. The zero-order valence-corrected chi connectivity index (χ0v) is 10.5. The molecule has 0 radical (unpaired) electrons. The number of carboxylic acid groups (broad SMARTS) is 1. The molecule has 1 saturated heterocycles. The number of nitrogens with zero attached hydrogens (tertiary/aromatic N) is 2. The van der Waals surface area contributed by atoms with E-state index in [1.807, 2.05) is 0 Å². The molecule has 1 heterocycles. The number of likely N-dealkylation sites (N-methyl/N-ethyl adjacent to an activating group) is 1. The van der Waals surface area contributed by atoms with E-state index in [1.165, 1.54) is 17.0 Å². The molecule has 1 fully saturated rings. The Labute approximate surface area is 110 Å². The van der Waals surface area contributed by atoms with Gasteiger partial charge in [0.1, 0.15) is 11.9 Å². The summed E-state index contributed by atoms with van der Waals surface area (Å²) in [5, 5.41) is 8.92. The van der Waals surface area contributed by atoms with Gasteiger partial charge in [-0.2, -0.15) is 0 Å². The van der Waals surface area contributed by atoms with Gasteiger partial charge in [0.2, 0.25) is 5.91 Å². The molecule has 0 aliphatic carbocycles. The van der Waals surface area contributed by atoms with Gasteiger partial charge in [0.15, 0.2) is 0 Å². The molecule has 1 amide bonds. The van der Waals surface area contributed by atoms with Gasteiger partial charge >= 0.3 is 5.97 Å². The molecule has 1 atom stereocenters. The van der Waals surface area contributed by atoms with Gasteiger partial charge in [-0.3, -0.25) is 9.59 Å². The number of aliphatic carboxylic acids is 1. The zero-order valence-electron chi connectivity index (χ0n) is 10.5. The summed E-state index contributed by atoms with van der Waals surface area (Å²) in [5.74, 6) is -1.61. The number of anilines is 1. The molecule has 1 N–H and O–H groups in total. The lowest BCUT2D eigenvalue weighted by molar-refractivity contribution is -0.142. The molecule has 1 unspecified atom stereocenters. The van der Waals surface area contributed by atoms with Crippen LogP contribution in [0.15, 0.2) is 24.3 Å². The minimum absolute atomic E-state index is 0.224. The Hall–Kier alpha value is -2.11. The van der Waals surface area contributed by atoms with Crippen molar-refractivity contribution in [3.8, 4) is 0 Å². The standard InChI is InChI=1S/C13H15FN2O3/c1-15-6-7-16(10-4-2-9(14)3-5-10)11(13(15)19)8-12(17)18/h2-5,11H,6-8H2,1H3,(H,17,18). The van der Waals surface area contributed by atoms with Crippen LogP contribution in [-0.4, -0.2) is 48.1 Å². The molecule has 1 aromatic carbocycles. The SMILES string of the molecule is CN1CCN(c2ccc(F)cc2)C(CC(=O)O)C1=O. The highest BCUT2D eigenvalue weighted by Gasteiger charge is 2.34. The van der Waals surface area contributed by atoms with Crippen LogP contribution in [-0.2, 0) is 9.59 Å². The molecule has 6 heteroatoms. The average molecular weight is 266 g/mol. The second kappa shape index (κ2) is 5.26. The van der Waals surface area contributed by atoms with Crippen LogP contribution in [0.3, 0.4) is 0 Å². The fourth-order valence-corrected chi connectivity index (χ4v) is 2.22. The zero-order chi connectivity index (χ0) is 14.0. The van der Waals surface area contributed by atoms with E-state index in [4.69, 9.17) is 5.11 Å². The second-order valence-electron chi connectivity index (χ2n) is 4.54. The van der Waals surface area contributed by atoms with Crippen LogP contribution < -0.4 is 4.90 Å². The Morgan fingerprint density at radius 3 is 2.58 bits per heavy atom. The summed E-state index contributed by atoms with van der Waals surface area (Å²) in [6.45, 7) is 1.05.